The van der Waals surface area contributed by atoms with Crippen LogP contribution >= 0.6 is 0 Å². The average Bonchev–Trinajstić information content (AvgIpc) is 2.83. The minimum Gasteiger partial charge on any atom is -0.352 e. The molecule has 23 heavy (non-hydrogen) atoms. The highest BCUT2D eigenvalue weighted by atomic mass is 16.2. The molecule has 4 heteroatoms. The quantitative estimate of drug-likeness (QED) is 0.904. The van der Waals surface area contributed by atoms with Gasteiger partial charge in [-0.15, -0.1) is 0 Å². The maximum absolute atomic E-state index is 12.6. The molecule has 0 aliphatic carbocycles. The summed E-state index contributed by atoms with van der Waals surface area (Å²) >= 11 is 0. The normalized spacial score (nSPS) is 15.3. The van der Waals surface area contributed by atoms with Crippen molar-refractivity contribution < 1.29 is 9.59 Å². The maximum atomic E-state index is 12.6. The number of rotatable bonds is 5. The second-order valence-corrected chi connectivity index (χ2v) is 6.73. The van der Waals surface area contributed by atoms with Gasteiger partial charge in [0.2, 0.25) is 0 Å². The van der Waals surface area contributed by atoms with Crippen LogP contribution in [-0.2, 0) is 0 Å². The largest absolute Gasteiger partial charge is 0.352 e. The number of benzene rings is 1. The summed E-state index contributed by atoms with van der Waals surface area (Å²) in [6, 6.07) is 7.09. The molecule has 4 nitrogen and oxygen atoms in total. The first kappa shape index (κ1) is 17.5. The lowest BCUT2D eigenvalue weighted by atomic mass is 10.1. The Hall–Kier alpha value is -1.84. The van der Waals surface area contributed by atoms with Crippen LogP contribution in [0.25, 0.3) is 0 Å². The molecule has 1 aliphatic heterocycles. The van der Waals surface area contributed by atoms with Crippen molar-refractivity contribution in [3.05, 3.63) is 35.4 Å². The van der Waals surface area contributed by atoms with Gasteiger partial charge in [-0.2, -0.15) is 0 Å². The minimum atomic E-state index is -0.101. The van der Waals surface area contributed by atoms with E-state index >= 15 is 0 Å². The van der Waals surface area contributed by atoms with Crippen LogP contribution in [0.5, 0.6) is 0 Å². The molecular weight excluding hydrogens is 288 g/mol. The van der Waals surface area contributed by atoms with Crippen LogP contribution in [0, 0.1) is 5.92 Å². The summed E-state index contributed by atoms with van der Waals surface area (Å²) in [5.41, 5.74) is 1.18. The minimum absolute atomic E-state index is 0.0451. The summed E-state index contributed by atoms with van der Waals surface area (Å²) in [5, 5.41) is 2.92. The number of hydrogen-bond acceptors (Lipinski definition) is 2. The lowest BCUT2D eigenvalue weighted by Gasteiger charge is -2.20. The highest BCUT2D eigenvalue weighted by Crippen LogP contribution is 2.14. The number of likely N-dealkylation sites (tertiary alicyclic amines) is 1. The molecule has 1 aliphatic rings. The number of hydrogen-bond donors (Lipinski definition) is 1. The average molecular weight is 316 g/mol. The molecule has 0 radical (unpaired) electrons. The van der Waals surface area contributed by atoms with Crippen molar-refractivity contribution in [2.24, 2.45) is 5.92 Å². The third kappa shape index (κ3) is 5.38. The number of amides is 2. The van der Waals surface area contributed by atoms with E-state index in [2.05, 4.69) is 19.2 Å². The molecule has 0 unspecified atom stereocenters. The molecule has 126 valence electrons. The van der Waals surface area contributed by atoms with E-state index in [0.717, 1.165) is 32.4 Å². The predicted octanol–water partition coefficient (Wildman–Crippen LogP) is 3.48. The molecule has 1 fully saturated rings. The van der Waals surface area contributed by atoms with Gasteiger partial charge in [0, 0.05) is 30.8 Å². The Morgan fingerprint density at radius 2 is 1.74 bits per heavy atom. The van der Waals surface area contributed by atoms with Crippen LogP contribution in [0.4, 0.5) is 0 Å². The van der Waals surface area contributed by atoms with Gasteiger partial charge in [0.15, 0.2) is 0 Å². The lowest BCUT2D eigenvalue weighted by molar-refractivity contribution is 0.0761. The van der Waals surface area contributed by atoms with Crippen LogP contribution in [0.2, 0.25) is 0 Å². The summed E-state index contributed by atoms with van der Waals surface area (Å²) in [6.07, 6.45) is 5.49. The van der Waals surface area contributed by atoms with Crippen molar-refractivity contribution in [1.82, 2.24) is 10.2 Å². The van der Waals surface area contributed by atoms with E-state index in [1.165, 1.54) is 12.8 Å². The van der Waals surface area contributed by atoms with E-state index in [4.69, 9.17) is 0 Å². The van der Waals surface area contributed by atoms with Crippen molar-refractivity contribution in [3.8, 4) is 0 Å². The Kier molecular flexibility index (Phi) is 6.63. The molecule has 0 spiro atoms. The molecule has 0 atom stereocenters. The topological polar surface area (TPSA) is 49.4 Å². The second-order valence-electron chi connectivity index (χ2n) is 6.73. The third-order valence-corrected chi connectivity index (χ3v) is 4.27. The fourth-order valence-corrected chi connectivity index (χ4v) is 2.83. The van der Waals surface area contributed by atoms with E-state index in [9.17, 15) is 9.59 Å². The summed E-state index contributed by atoms with van der Waals surface area (Å²) in [5.74, 6) is 0.506. The Morgan fingerprint density at radius 3 is 2.39 bits per heavy atom. The molecular formula is C19H28N2O2. The Balaban J connectivity index is 2.00. The Morgan fingerprint density at radius 1 is 1.09 bits per heavy atom. The predicted molar refractivity (Wildman–Crippen MR) is 92.6 cm³/mol. The molecule has 2 rings (SSSR count). The van der Waals surface area contributed by atoms with Crippen molar-refractivity contribution in [1.29, 1.82) is 0 Å². The van der Waals surface area contributed by atoms with Crippen LogP contribution in [0.3, 0.4) is 0 Å². The van der Waals surface area contributed by atoms with Gasteiger partial charge in [-0.25, -0.2) is 0 Å². The summed E-state index contributed by atoms with van der Waals surface area (Å²) < 4.78 is 0. The Bertz CT molecular complexity index is 532. The fraction of sp³-hybridized carbons (Fsp3) is 0.579. The van der Waals surface area contributed by atoms with Crippen LogP contribution in [-0.4, -0.2) is 36.3 Å². The SMILES string of the molecule is CC(C)CCNC(=O)c1cccc(C(=O)N2CCCCCC2)c1. The maximum Gasteiger partial charge on any atom is 0.253 e. The number of carbonyl (C=O) groups excluding carboxylic acids is 2. The van der Waals surface area contributed by atoms with Gasteiger partial charge in [-0.3, -0.25) is 9.59 Å². The lowest BCUT2D eigenvalue weighted by Crippen LogP contribution is -2.32. The van der Waals surface area contributed by atoms with Crippen molar-refractivity contribution >= 4 is 11.8 Å². The zero-order chi connectivity index (χ0) is 16.7. The molecule has 1 saturated heterocycles. The number of nitrogens with zero attached hydrogens (tertiary/aromatic N) is 1. The second kappa shape index (κ2) is 8.70. The number of nitrogens with one attached hydrogen (secondary N) is 1. The monoisotopic (exact) mass is 316 g/mol. The van der Waals surface area contributed by atoms with Crippen molar-refractivity contribution in [3.63, 3.8) is 0 Å². The zero-order valence-corrected chi connectivity index (χ0v) is 14.3. The molecule has 2 amide bonds. The smallest absolute Gasteiger partial charge is 0.253 e. The van der Waals surface area contributed by atoms with E-state index in [0.29, 0.717) is 23.6 Å². The van der Waals surface area contributed by atoms with E-state index in [-0.39, 0.29) is 11.8 Å². The summed E-state index contributed by atoms with van der Waals surface area (Å²) in [6.45, 7) is 6.58. The van der Waals surface area contributed by atoms with Gasteiger partial charge in [-0.05, 0) is 43.4 Å². The molecule has 1 aromatic carbocycles. The Labute approximate surface area is 139 Å². The molecule has 0 saturated carbocycles. The highest BCUT2D eigenvalue weighted by molar-refractivity contribution is 5.99. The zero-order valence-electron chi connectivity index (χ0n) is 14.3. The summed E-state index contributed by atoms with van der Waals surface area (Å²) in [7, 11) is 0. The van der Waals surface area contributed by atoms with Gasteiger partial charge >= 0.3 is 0 Å². The van der Waals surface area contributed by atoms with Gasteiger partial charge < -0.3 is 10.2 Å². The van der Waals surface area contributed by atoms with E-state index < -0.39 is 0 Å². The first-order valence-electron chi connectivity index (χ1n) is 8.75. The molecule has 1 N–H and O–H groups in total. The molecule has 0 aromatic heterocycles. The van der Waals surface area contributed by atoms with E-state index in [1.54, 1.807) is 24.3 Å². The molecule has 1 aromatic rings. The van der Waals surface area contributed by atoms with Crippen LogP contribution in [0.15, 0.2) is 24.3 Å². The molecule has 1 heterocycles. The first-order chi connectivity index (χ1) is 11.1. The number of carbonyl (C=O) groups is 2. The van der Waals surface area contributed by atoms with Crippen molar-refractivity contribution in [2.75, 3.05) is 19.6 Å². The van der Waals surface area contributed by atoms with Gasteiger partial charge in [-0.1, -0.05) is 32.8 Å². The van der Waals surface area contributed by atoms with Gasteiger partial charge in [0.1, 0.15) is 0 Å². The summed E-state index contributed by atoms with van der Waals surface area (Å²) in [4.78, 5) is 26.7. The first-order valence-corrected chi connectivity index (χ1v) is 8.75. The third-order valence-electron chi connectivity index (χ3n) is 4.27. The van der Waals surface area contributed by atoms with Crippen molar-refractivity contribution in [2.45, 2.75) is 46.0 Å². The highest BCUT2D eigenvalue weighted by Gasteiger charge is 2.18. The van der Waals surface area contributed by atoms with Gasteiger partial charge in [0.25, 0.3) is 11.8 Å². The van der Waals surface area contributed by atoms with E-state index in [1.807, 2.05) is 4.90 Å². The van der Waals surface area contributed by atoms with Crippen LogP contribution < -0.4 is 5.32 Å². The van der Waals surface area contributed by atoms with Crippen LogP contribution in [0.1, 0.15) is 66.7 Å². The molecule has 0 bridgehead atoms. The van der Waals surface area contributed by atoms with Gasteiger partial charge in [0.05, 0.1) is 0 Å². The standard InChI is InChI=1S/C19H28N2O2/c1-15(2)10-11-20-18(22)16-8-7-9-17(14-16)19(23)21-12-5-3-4-6-13-21/h7-9,14-15H,3-6,10-13H2,1-2H3,(H,20,22). The fourth-order valence-electron chi connectivity index (χ4n) is 2.83.